The lowest BCUT2D eigenvalue weighted by Gasteiger charge is -2.09. The van der Waals surface area contributed by atoms with Crippen molar-refractivity contribution >= 4 is 17.5 Å². The minimum absolute atomic E-state index is 0.0607. The summed E-state index contributed by atoms with van der Waals surface area (Å²) in [5, 5.41) is 0. The van der Waals surface area contributed by atoms with Crippen molar-refractivity contribution in [2.75, 3.05) is 0 Å². The molecule has 102 valence electrons. The standard InChI is InChI=1S/C12H16N4O3/c1-3-5-15-10-9(13-8(7-17)14-10)11(18)16(6-4-2)12(15)19/h7H,3-6H2,1-2H3,(H,13,14). The van der Waals surface area contributed by atoms with Crippen LogP contribution in [0.25, 0.3) is 11.2 Å². The van der Waals surface area contributed by atoms with Crippen LogP contribution in [-0.2, 0) is 13.1 Å². The first-order valence-corrected chi connectivity index (χ1v) is 6.32. The van der Waals surface area contributed by atoms with Crippen LogP contribution in [-0.4, -0.2) is 25.4 Å². The molecule has 0 saturated heterocycles. The Bertz CT molecular complexity index is 723. The number of fused-ring (bicyclic) bond motifs is 1. The summed E-state index contributed by atoms with van der Waals surface area (Å²) < 4.78 is 2.63. The van der Waals surface area contributed by atoms with Gasteiger partial charge in [-0.25, -0.2) is 9.78 Å². The number of hydrogen-bond acceptors (Lipinski definition) is 4. The highest BCUT2D eigenvalue weighted by atomic mass is 16.2. The summed E-state index contributed by atoms with van der Waals surface area (Å²) in [7, 11) is 0. The molecule has 2 aromatic heterocycles. The summed E-state index contributed by atoms with van der Waals surface area (Å²) in [5.74, 6) is 0.0607. The first kappa shape index (κ1) is 13.3. The van der Waals surface area contributed by atoms with Gasteiger partial charge in [-0.1, -0.05) is 13.8 Å². The Balaban J connectivity index is 2.87. The Morgan fingerprint density at radius 3 is 2.37 bits per heavy atom. The van der Waals surface area contributed by atoms with E-state index in [1.165, 1.54) is 9.13 Å². The van der Waals surface area contributed by atoms with Crippen molar-refractivity contribution in [3.63, 3.8) is 0 Å². The van der Waals surface area contributed by atoms with E-state index in [-0.39, 0.29) is 22.7 Å². The van der Waals surface area contributed by atoms with E-state index in [2.05, 4.69) is 9.97 Å². The quantitative estimate of drug-likeness (QED) is 0.797. The molecule has 0 bridgehead atoms. The van der Waals surface area contributed by atoms with Gasteiger partial charge in [-0.2, -0.15) is 0 Å². The molecule has 7 nitrogen and oxygen atoms in total. The number of nitrogens with one attached hydrogen (secondary N) is 1. The van der Waals surface area contributed by atoms with Crippen LogP contribution < -0.4 is 11.2 Å². The fourth-order valence-electron chi connectivity index (χ4n) is 2.09. The van der Waals surface area contributed by atoms with E-state index in [0.717, 1.165) is 6.42 Å². The second kappa shape index (κ2) is 5.21. The fourth-order valence-corrected chi connectivity index (χ4v) is 2.09. The number of H-pyrrole nitrogens is 1. The first-order valence-electron chi connectivity index (χ1n) is 6.32. The van der Waals surface area contributed by atoms with Crippen molar-refractivity contribution in [3.05, 3.63) is 26.7 Å². The van der Waals surface area contributed by atoms with Crippen molar-refractivity contribution in [2.24, 2.45) is 0 Å². The van der Waals surface area contributed by atoms with Gasteiger partial charge in [-0.05, 0) is 12.8 Å². The molecule has 2 rings (SSSR count). The highest BCUT2D eigenvalue weighted by Crippen LogP contribution is 2.05. The summed E-state index contributed by atoms with van der Waals surface area (Å²) >= 11 is 0. The van der Waals surface area contributed by atoms with E-state index < -0.39 is 5.56 Å². The number of aryl methyl sites for hydroxylation is 1. The molecule has 19 heavy (non-hydrogen) atoms. The average Bonchev–Trinajstić information content (AvgIpc) is 2.84. The lowest BCUT2D eigenvalue weighted by Crippen LogP contribution is -2.40. The van der Waals surface area contributed by atoms with E-state index in [0.29, 0.717) is 25.8 Å². The maximum Gasteiger partial charge on any atom is 0.332 e. The summed E-state index contributed by atoms with van der Waals surface area (Å²) in [6.45, 7) is 4.64. The molecular formula is C12H16N4O3. The summed E-state index contributed by atoms with van der Waals surface area (Å²) in [6, 6.07) is 0. The number of hydrogen-bond donors (Lipinski definition) is 1. The molecule has 0 atom stereocenters. The highest BCUT2D eigenvalue weighted by Gasteiger charge is 2.16. The Kier molecular flexibility index (Phi) is 3.64. The van der Waals surface area contributed by atoms with E-state index >= 15 is 0 Å². The van der Waals surface area contributed by atoms with Gasteiger partial charge in [0.1, 0.15) is 5.52 Å². The number of carbonyl (C=O) groups excluding carboxylic acids is 1. The molecule has 2 aromatic rings. The molecule has 0 saturated carbocycles. The van der Waals surface area contributed by atoms with Crippen LogP contribution in [0.2, 0.25) is 0 Å². The van der Waals surface area contributed by atoms with Gasteiger partial charge in [-0.3, -0.25) is 18.7 Å². The predicted octanol–water partition coefficient (Wildman–Crippen LogP) is 0.519. The Labute approximate surface area is 108 Å². The van der Waals surface area contributed by atoms with Crippen LogP contribution in [0.3, 0.4) is 0 Å². The SMILES string of the molecule is CCCn1c(=O)c2[nH]c(C=O)nc2n(CCC)c1=O. The van der Waals surface area contributed by atoms with E-state index in [1.54, 1.807) is 0 Å². The van der Waals surface area contributed by atoms with Gasteiger partial charge in [0.25, 0.3) is 5.56 Å². The molecular weight excluding hydrogens is 248 g/mol. The molecule has 1 N–H and O–H groups in total. The highest BCUT2D eigenvalue weighted by molar-refractivity contribution is 5.79. The van der Waals surface area contributed by atoms with Gasteiger partial charge in [0, 0.05) is 13.1 Å². The minimum atomic E-state index is -0.421. The van der Waals surface area contributed by atoms with Gasteiger partial charge in [0.15, 0.2) is 17.8 Å². The largest absolute Gasteiger partial charge is 0.332 e. The molecule has 0 amide bonds. The monoisotopic (exact) mass is 264 g/mol. The zero-order valence-corrected chi connectivity index (χ0v) is 11.0. The number of aromatic amines is 1. The molecule has 0 spiro atoms. The van der Waals surface area contributed by atoms with Crippen molar-refractivity contribution in [2.45, 2.75) is 39.8 Å². The number of aldehydes is 1. The zero-order valence-electron chi connectivity index (χ0n) is 11.0. The maximum atomic E-state index is 12.3. The lowest BCUT2D eigenvalue weighted by molar-refractivity contribution is 0.111. The van der Waals surface area contributed by atoms with Crippen LogP contribution >= 0.6 is 0 Å². The summed E-state index contributed by atoms with van der Waals surface area (Å²) in [4.78, 5) is 41.9. The van der Waals surface area contributed by atoms with Crippen LogP contribution in [0, 0.1) is 0 Å². The number of aromatic nitrogens is 4. The third kappa shape index (κ3) is 2.11. The number of rotatable bonds is 5. The Hall–Kier alpha value is -2.18. The normalized spacial score (nSPS) is 11.1. The third-order valence-electron chi connectivity index (χ3n) is 2.89. The van der Waals surface area contributed by atoms with Crippen LogP contribution in [0.1, 0.15) is 37.3 Å². The molecule has 0 fully saturated rings. The molecule has 0 unspecified atom stereocenters. The van der Waals surface area contributed by atoms with E-state index in [1.807, 2.05) is 13.8 Å². The first-order chi connectivity index (χ1) is 9.13. The number of imidazole rings is 1. The van der Waals surface area contributed by atoms with Crippen molar-refractivity contribution < 1.29 is 4.79 Å². The molecule has 0 aliphatic carbocycles. The second-order valence-electron chi connectivity index (χ2n) is 4.33. The maximum absolute atomic E-state index is 12.3. The average molecular weight is 264 g/mol. The molecule has 0 aliphatic heterocycles. The zero-order chi connectivity index (χ0) is 14.0. The van der Waals surface area contributed by atoms with Crippen LogP contribution in [0.15, 0.2) is 9.59 Å². The molecule has 0 radical (unpaired) electrons. The topological polar surface area (TPSA) is 89.8 Å². The summed E-state index contributed by atoms with van der Waals surface area (Å²) in [6.07, 6.45) is 1.95. The lowest BCUT2D eigenvalue weighted by atomic mass is 10.4. The minimum Gasteiger partial charge on any atom is -0.330 e. The number of nitrogens with zero attached hydrogens (tertiary/aromatic N) is 3. The molecule has 0 aliphatic rings. The van der Waals surface area contributed by atoms with Gasteiger partial charge in [-0.15, -0.1) is 0 Å². The predicted molar refractivity (Wildman–Crippen MR) is 70.6 cm³/mol. The smallest absolute Gasteiger partial charge is 0.330 e. The van der Waals surface area contributed by atoms with Crippen LogP contribution in [0.4, 0.5) is 0 Å². The van der Waals surface area contributed by atoms with Crippen molar-refractivity contribution in [3.8, 4) is 0 Å². The summed E-state index contributed by atoms with van der Waals surface area (Å²) in [5.41, 5.74) is -0.324. The van der Waals surface area contributed by atoms with Crippen LogP contribution in [0.5, 0.6) is 0 Å². The molecule has 7 heteroatoms. The Morgan fingerprint density at radius 1 is 1.16 bits per heavy atom. The fraction of sp³-hybridized carbons (Fsp3) is 0.500. The second-order valence-corrected chi connectivity index (χ2v) is 4.33. The Morgan fingerprint density at radius 2 is 1.79 bits per heavy atom. The van der Waals surface area contributed by atoms with E-state index in [9.17, 15) is 14.4 Å². The van der Waals surface area contributed by atoms with Gasteiger partial charge >= 0.3 is 5.69 Å². The number of carbonyl (C=O) groups is 1. The van der Waals surface area contributed by atoms with Crippen molar-refractivity contribution in [1.82, 2.24) is 19.1 Å². The van der Waals surface area contributed by atoms with Crippen molar-refractivity contribution in [1.29, 1.82) is 0 Å². The van der Waals surface area contributed by atoms with Gasteiger partial charge in [0.05, 0.1) is 0 Å². The van der Waals surface area contributed by atoms with Gasteiger partial charge in [0.2, 0.25) is 0 Å². The molecule has 0 aromatic carbocycles. The third-order valence-corrected chi connectivity index (χ3v) is 2.89. The van der Waals surface area contributed by atoms with E-state index in [4.69, 9.17) is 0 Å². The molecule has 2 heterocycles. The van der Waals surface area contributed by atoms with Gasteiger partial charge < -0.3 is 4.98 Å².